The van der Waals surface area contributed by atoms with Crippen molar-refractivity contribution in [3.63, 3.8) is 0 Å². The maximum absolute atomic E-state index is 6.13. The summed E-state index contributed by atoms with van der Waals surface area (Å²) < 4.78 is 2.26. The van der Waals surface area contributed by atoms with Gasteiger partial charge in [0.25, 0.3) is 0 Å². The van der Waals surface area contributed by atoms with E-state index in [-0.39, 0.29) is 6.04 Å². The average Bonchev–Trinajstić information content (AvgIpc) is 2.75. The standard InChI is InChI=1S/C10H9Br2NS2/c11-6-1-8(14-4-6)3-9(13)10-2-7(12)5-15-10/h1-2,4-5,9H,3,13H2. The lowest BCUT2D eigenvalue weighted by atomic mass is 10.1. The van der Waals surface area contributed by atoms with Gasteiger partial charge >= 0.3 is 0 Å². The lowest BCUT2D eigenvalue weighted by Crippen LogP contribution is -2.10. The molecule has 1 unspecified atom stereocenters. The number of rotatable bonds is 3. The van der Waals surface area contributed by atoms with Gasteiger partial charge in [-0.1, -0.05) is 0 Å². The molecule has 5 heteroatoms. The van der Waals surface area contributed by atoms with Gasteiger partial charge in [0.2, 0.25) is 0 Å². The zero-order valence-corrected chi connectivity index (χ0v) is 12.5. The molecule has 2 aromatic rings. The van der Waals surface area contributed by atoms with Crippen molar-refractivity contribution >= 4 is 54.5 Å². The van der Waals surface area contributed by atoms with E-state index in [1.54, 1.807) is 22.7 Å². The summed E-state index contributed by atoms with van der Waals surface area (Å²) in [5.41, 5.74) is 6.13. The molecule has 0 saturated carbocycles. The Morgan fingerprint density at radius 2 is 1.80 bits per heavy atom. The van der Waals surface area contributed by atoms with E-state index in [1.807, 2.05) is 0 Å². The number of nitrogens with two attached hydrogens (primary N) is 1. The van der Waals surface area contributed by atoms with E-state index in [0.717, 1.165) is 15.4 Å². The van der Waals surface area contributed by atoms with Crippen LogP contribution in [-0.2, 0) is 6.42 Å². The Balaban J connectivity index is 2.06. The lowest BCUT2D eigenvalue weighted by molar-refractivity contribution is 0.745. The van der Waals surface area contributed by atoms with Gasteiger partial charge in [0.05, 0.1) is 0 Å². The first-order valence-electron chi connectivity index (χ1n) is 4.37. The predicted octanol–water partition coefficient (Wildman–Crippen LogP) is 4.58. The molecule has 0 radical (unpaired) electrons. The van der Waals surface area contributed by atoms with E-state index < -0.39 is 0 Å². The summed E-state index contributed by atoms with van der Waals surface area (Å²) in [6, 6.07) is 4.33. The molecule has 2 N–H and O–H groups in total. The van der Waals surface area contributed by atoms with Crippen LogP contribution in [0, 0.1) is 0 Å². The van der Waals surface area contributed by atoms with Crippen molar-refractivity contribution in [1.82, 2.24) is 0 Å². The normalized spacial score (nSPS) is 13.0. The molecule has 0 aliphatic heterocycles. The molecule has 0 saturated heterocycles. The molecule has 1 atom stereocenters. The first kappa shape index (κ1) is 11.8. The molecule has 0 aromatic carbocycles. The molecule has 0 amide bonds. The van der Waals surface area contributed by atoms with Crippen LogP contribution in [0.4, 0.5) is 0 Å². The zero-order valence-electron chi connectivity index (χ0n) is 7.74. The summed E-state index contributed by atoms with van der Waals surface area (Å²) in [6.45, 7) is 0. The molecule has 0 spiro atoms. The minimum absolute atomic E-state index is 0.104. The highest BCUT2D eigenvalue weighted by atomic mass is 79.9. The van der Waals surface area contributed by atoms with Crippen LogP contribution in [-0.4, -0.2) is 0 Å². The molecule has 80 valence electrons. The van der Waals surface area contributed by atoms with Gasteiger partial charge in [0.1, 0.15) is 0 Å². The Labute approximate surface area is 114 Å². The van der Waals surface area contributed by atoms with Gasteiger partial charge < -0.3 is 5.73 Å². The fourth-order valence-corrected chi connectivity index (χ4v) is 4.26. The Bertz CT molecular complexity index is 450. The second-order valence-corrected chi connectivity index (χ2v) is 6.98. The molecule has 1 nitrogen and oxygen atoms in total. The van der Waals surface area contributed by atoms with E-state index in [0.29, 0.717) is 0 Å². The number of thiophene rings is 2. The molecule has 2 heterocycles. The van der Waals surface area contributed by atoms with Crippen LogP contribution in [0.3, 0.4) is 0 Å². The van der Waals surface area contributed by atoms with E-state index in [4.69, 9.17) is 5.73 Å². The highest BCUT2D eigenvalue weighted by Crippen LogP contribution is 2.29. The molecule has 15 heavy (non-hydrogen) atoms. The number of halogens is 2. The van der Waals surface area contributed by atoms with Crippen molar-refractivity contribution in [2.45, 2.75) is 12.5 Å². The highest BCUT2D eigenvalue weighted by molar-refractivity contribution is 9.10. The summed E-state index contributed by atoms with van der Waals surface area (Å²) >= 11 is 10.3. The second kappa shape index (κ2) is 5.10. The van der Waals surface area contributed by atoms with E-state index in [2.05, 4.69) is 54.8 Å². The van der Waals surface area contributed by atoms with E-state index >= 15 is 0 Å². The molecule has 0 aliphatic rings. The maximum Gasteiger partial charge on any atom is 0.0438 e. The quantitative estimate of drug-likeness (QED) is 0.845. The first-order chi connectivity index (χ1) is 7.15. The number of hydrogen-bond acceptors (Lipinski definition) is 3. The van der Waals surface area contributed by atoms with Crippen LogP contribution < -0.4 is 5.73 Å². The Morgan fingerprint density at radius 1 is 1.13 bits per heavy atom. The van der Waals surface area contributed by atoms with Gasteiger partial charge in [-0.25, -0.2) is 0 Å². The third-order valence-electron chi connectivity index (χ3n) is 2.00. The van der Waals surface area contributed by atoms with Gasteiger partial charge in [-0.2, -0.15) is 0 Å². The SMILES string of the molecule is NC(Cc1cc(Br)cs1)c1cc(Br)cs1. The van der Waals surface area contributed by atoms with Crippen LogP contribution in [0.5, 0.6) is 0 Å². The van der Waals surface area contributed by atoms with Gasteiger partial charge in [-0.3, -0.25) is 0 Å². The summed E-state index contributed by atoms with van der Waals surface area (Å²) in [4.78, 5) is 2.55. The monoisotopic (exact) mass is 365 g/mol. The minimum atomic E-state index is 0.104. The molecular formula is C10H9Br2NS2. The van der Waals surface area contributed by atoms with E-state index in [9.17, 15) is 0 Å². The number of hydrogen-bond donors (Lipinski definition) is 1. The molecule has 2 aromatic heterocycles. The van der Waals surface area contributed by atoms with Crippen molar-refractivity contribution in [2.24, 2.45) is 5.73 Å². The van der Waals surface area contributed by atoms with Gasteiger partial charge in [-0.15, -0.1) is 22.7 Å². The summed E-state index contributed by atoms with van der Waals surface area (Å²) in [5, 5.41) is 4.16. The van der Waals surface area contributed by atoms with Gasteiger partial charge in [0.15, 0.2) is 0 Å². The van der Waals surface area contributed by atoms with Crippen molar-refractivity contribution in [2.75, 3.05) is 0 Å². The zero-order chi connectivity index (χ0) is 10.8. The smallest absolute Gasteiger partial charge is 0.0438 e. The van der Waals surface area contributed by atoms with Crippen LogP contribution in [0.25, 0.3) is 0 Å². The molecule has 2 rings (SSSR count). The fourth-order valence-electron chi connectivity index (χ4n) is 1.30. The van der Waals surface area contributed by atoms with Crippen LogP contribution in [0.1, 0.15) is 15.8 Å². The fraction of sp³-hybridized carbons (Fsp3) is 0.200. The molecule has 0 fully saturated rings. The first-order valence-corrected chi connectivity index (χ1v) is 7.72. The second-order valence-electron chi connectivity index (χ2n) is 3.21. The largest absolute Gasteiger partial charge is 0.323 e. The van der Waals surface area contributed by atoms with Crippen LogP contribution in [0.2, 0.25) is 0 Å². The third-order valence-corrected chi connectivity index (χ3v) is 5.54. The molecule has 0 bridgehead atoms. The minimum Gasteiger partial charge on any atom is -0.323 e. The Morgan fingerprint density at radius 3 is 2.33 bits per heavy atom. The van der Waals surface area contributed by atoms with Crippen molar-refractivity contribution < 1.29 is 0 Å². The highest BCUT2D eigenvalue weighted by Gasteiger charge is 2.10. The van der Waals surface area contributed by atoms with Crippen LogP contribution >= 0.6 is 54.5 Å². The molecule has 0 aliphatic carbocycles. The topological polar surface area (TPSA) is 26.0 Å². The van der Waals surface area contributed by atoms with Gasteiger partial charge in [0, 0.05) is 41.9 Å². The summed E-state index contributed by atoms with van der Waals surface area (Å²) in [5.74, 6) is 0. The van der Waals surface area contributed by atoms with Gasteiger partial charge in [-0.05, 0) is 44.0 Å². The average molecular weight is 367 g/mol. The molecular weight excluding hydrogens is 358 g/mol. The summed E-state index contributed by atoms with van der Waals surface area (Å²) in [6.07, 6.45) is 0.906. The maximum atomic E-state index is 6.13. The summed E-state index contributed by atoms with van der Waals surface area (Å²) in [7, 11) is 0. The lowest BCUT2D eigenvalue weighted by Gasteiger charge is -2.06. The Kier molecular flexibility index (Phi) is 4.01. The van der Waals surface area contributed by atoms with E-state index in [1.165, 1.54) is 9.75 Å². The van der Waals surface area contributed by atoms with Crippen molar-refractivity contribution in [1.29, 1.82) is 0 Å². The Hall–Kier alpha value is 0.320. The van der Waals surface area contributed by atoms with Crippen LogP contribution in [0.15, 0.2) is 31.8 Å². The predicted molar refractivity (Wildman–Crippen MR) is 74.7 cm³/mol. The third kappa shape index (κ3) is 3.14. The van der Waals surface area contributed by atoms with Crippen molar-refractivity contribution in [3.05, 3.63) is 41.6 Å². The van der Waals surface area contributed by atoms with Crippen molar-refractivity contribution in [3.8, 4) is 0 Å².